The maximum atomic E-state index is 10.8. The zero-order valence-corrected chi connectivity index (χ0v) is 18.8. The average Bonchev–Trinajstić information content (AvgIpc) is 3.34. The number of nitrogens with one attached hydrogen (secondary N) is 2. The van der Waals surface area contributed by atoms with Gasteiger partial charge in [0.05, 0.1) is 18.8 Å². The minimum absolute atomic E-state index is 0. The number of hydrogen-bond donors (Lipinski definition) is 3. The SMILES string of the molecule is CN=C(NCC(C)(O)c1cnn(C)c1)NC1C2CCOC2C12CCCC2.I. The van der Waals surface area contributed by atoms with Gasteiger partial charge in [0.1, 0.15) is 5.60 Å². The number of rotatable bonds is 4. The van der Waals surface area contributed by atoms with Crippen LogP contribution in [0.1, 0.15) is 44.6 Å². The Labute approximate surface area is 178 Å². The summed E-state index contributed by atoms with van der Waals surface area (Å²) in [5.41, 5.74) is 0.0725. The van der Waals surface area contributed by atoms with E-state index in [2.05, 4.69) is 20.7 Å². The Morgan fingerprint density at radius 3 is 2.85 bits per heavy atom. The predicted molar refractivity (Wildman–Crippen MR) is 115 cm³/mol. The fourth-order valence-electron chi connectivity index (χ4n) is 5.30. The predicted octanol–water partition coefficient (Wildman–Crippen LogP) is 1.76. The van der Waals surface area contributed by atoms with Gasteiger partial charge in [0.2, 0.25) is 0 Å². The first kappa shape index (κ1) is 20.9. The van der Waals surface area contributed by atoms with Crippen LogP contribution in [0.4, 0.5) is 0 Å². The molecule has 1 aromatic heterocycles. The van der Waals surface area contributed by atoms with Gasteiger partial charge in [-0.05, 0) is 26.2 Å². The molecular formula is C19H32IN5O2. The van der Waals surface area contributed by atoms with Gasteiger partial charge >= 0.3 is 0 Å². The molecule has 4 rings (SSSR count). The fourth-order valence-corrected chi connectivity index (χ4v) is 5.30. The summed E-state index contributed by atoms with van der Waals surface area (Å²) in [6.07, 6.45) is 10.2. The van der Waals surface area contributed by atoms with E-state index in [0.29, 0.717) is 24.6 Å². The normalized spacial score (nSPS) is 31.0. The summed E-state index contributed by atoms with van der Waals surface area (Å²) in [6.45, 7) is 3.06. The Morgan fingerprint density at radius 2 is 2.22 bits per heavy atom. The van der Waals surface area contributed by atoms with Gasteiger partial charge in [-0.15, -0.1) is 24.0 Å². The highest BCUT2D eigenvalue weighted by atomic mass is 127. The number of halogens is 1. The van der Waals surface area contributed by atoms with E-state index in [4.69, 9.17) is 4.74 Å². The lowest BCUT2D eigenvalue weighted by Crippen LogP contribution is -2.69. The summed E-state index contributed by atoms with van der Waals surface area (Å²) in [7, 11) is 3.64. The van der Waals surface area contributed by atoms with E-state index >= 15 is 0 Å². The van der Waals surface area contributed by atoms with Crippen LogP contribution in [0.3, 0.4) is 0 Å². The van der Waals surface area contributed by atoms with Crippen molar-refractivity contribution in [3.8, 4) is 0 Å². The van der Waals surface area contributed by atoms with Gasteiger partial charge < -0.3 is 20.5 Å². The highest BCUT2D eigenvalue weighted by Gasteiger charge is 2.65. The molecule has 0 amide bonds. The van der Waals surface area contributed by atoms with Crippen LogP contribution in [0.15, 0.2) is 17.4 Å². The summed E-state index contributed by atoms with van der Waals surface area (Å²) in [6, 6.07) is 0.423. The average molecular weight is 489 g/mol. The number of fused-ring (bicyclic) bond motifs is 2. The molecule has 1 aliphatic heterocycles. The largest absolute Gasteiger partial charge is 0.383 e. The fraction of sp³-hybridized carbons (Fsp3) is 0.789. The molecule has 1 spiro atoms. The molecule has 8 heteroatoms. The van der Waals surface area contributed by atoms with E-state index in [-0.39, 0.29) is 29.4 Å². The molecule has 3 N–H and O–H groups in total. The maximum absolute atomic E-state index is 10.8. The van der Waals surface area contributed by atoms with Crippen molar-refractivity contribution < 1.29 is 9.84 Å². The minimum atomic E-state index is -1.00. The van der Waals surface area contributed by atoms with Gasteiger partial charge in [-0.3, -0.25) is 9.67 Å². The summed E-state index contributed by atoms with van der Waals surface area (Å²) < 4.78 is 7.76. The van der Waals surface area contributed by atoms with Gasteiger partial charge in [-0.1, -0.05) is 12.8 Å². The van der Waals surface area contributed by atoms with Crippen LogP contribution < -0.4 is 10.6 Å². The van der Waals surface area contributed by atoms with Crippen LogP contribution in [0.2, 0.25) is 0 Å². The minimum Gasteiger partial charge on any atom is -0.383 e. The molecule has 2 aliphatic carbocycles. The topological polar surface area (TPSA) is 83.7 Å². The zero-order valence-electron chi connectivity index (χ0n) is 16.4. The van der Waals surface area contributed by atoms with Gasteiger partial charge in [0, 0.05) is 49.8 Å². The number of aromatic nitrogens is 2. The second-order valence-corrected chi connectivity index (χ2v) is 8.41. The van der Waals surface area contributed by atoms with E-state index < -0.39 is 5.60 Å². The summed E-state index contributed by atoms with van der Waals surface area (Å²) in [5, 5.41) is 21.9. The molecule has 1 saturated heterocycles. The van der Waals surface area contributed by atoms with Crippen LogP contribution in [0.25, 0.3) is 0 Å². The molecule has 27 heavy (non-hydrogen) atoms. The van der Waals surface area contributed by atoms with Gasteiger partial charge in [0.25, 0.3) is 0 Å². The summed E-state index contributed by atoms with van der Waals surface area (Å²) >= 11 is 0. The van der Waals surface area contributed by atoms with Crippen molar-refractivity contribution in [1.29, 1.82) is 0 Å². The van der Waals surface area contributed by atoms with Crippen LogP contribution in [0.5, 0.6) is 0 Å². The molecule has 2 heterocycles. The first-order valence-corrected chi connectivity index (χ1v) is 9.76. The monoisotopic (exact) mass is 489 g/mol. The van der Waals surface area contributed by atoms with E-state index in [1.54, 1.807) is 24.9 Å². The van der Waals surface area contributed by atoms with E-state index in [1.165, 1.54) is 25.7 Å². The summed E-state index contributed by atoms with van der Waals surface area (Å²) in [5.74, 6) is 1.35. The van der Waals surface area contributed by atoms with Crippen molar-refractivity contribution in [2.45, 2.75) is 56.8 Å². The Bertz CT molecular complexity index is 683. The molecule has 3 fully saturated rings. The first-order chi connectivity index (χ1) is 12.5. The highest BCUT2D eigenvalue weighted by Crippen LogP contribution is 2.60. The standard InChI is InChI=1S/C19H31N5O2.HI/c1-18(25,13-10-22-24(3)11-13)12-21-17(20-2)23-15-14-6-9-26-16(14)19(15)7-4-5-8-19;/h10-11,14-16,25H,4-9,12H2,1-3H3,(H2,20,21,23);1H. The van der Waals surface area contributed by atoms with Crippen LogP contribution in [0, 0.1) is 11.3 Å². The molecule has 4 atom stereocenters. The van der Waals surface area contributed by atoms with Crippen molar-refractivity contribution in [2.24, 2.45) is 23.4 Å². The van der Waals surface area contributed by atoms with Crippen molar-refractivity contribution in [3.63, 3.8) is 0 Å². The molecule has 0 radical (unpaired) electrons. The molecule has 1 aromatic rings. The number of aryl methyl sites for hydroxylation is 1. The lowest BCUT2D eigenvalue weighted by molar-refractivity contribution is -0.125. The number of nitrogens with zero attached hydrogens (tertiary/aromatic N) is 3. The molecule has 7 nitrogen and oxygen atoms in total. The quantitative estimate of drug-likeness (QED) is 0.341. The lowest BCUT2D eigenvalue weighted by Gasteiger charge is -2.57. The van der Waals surface area contributed by atoms with Gasteiger partial charge in [-0.2, -0.15) is 5.10 Å². The lowest BCUT2D eigenvalue weighted by atomic mass is 9.54. The Morgan fingerprint density at radius 1 is 1.48 bits per heavy atom. The first-order valence-electron chi connectivity index (χ1n) is 9.76. The molecule has 0 aromatic carbocycles. The third-order valence-electron chi connectivity index (χ3n) is 6.73. The third kappa shape index (κ3) is 3.60. The van der Waals surface area contributed by atoms with E-state index in [1.807, 2.05) is 13.2 Å². The molecule has 3 aliphatic rings. The Hall–Kier alpha value is -0.870. The summed E-state index contributed by atoms with van der Waals surface area (Å²) in [4.78, 5) is 4.40. The Balaban J connectivity index is 0.00000210. The molecule has 152 valence electrons. The van der Waals surface area contributed by atoms with Gasteiger partial charge in [-0.25, -0.2) is 0 Å². The second-order valence-electron chi connectivity index (χ2n) is 8.41. The van der Waals surface area contributed by atoms with E-state index in [0.717, 1.165) is 24.6 Å². The smallest absolute Gasteiger partial charge is 0.191 e. The Kier molecular flexibility index (Phi) is 6.08. The number of aliphatic imine (C=N–C) groups is 1. The molecular weight excluding hydrogens is 457 g/mol. The number of hydrogen-bond acceptors (Lipinski definition) is 4. The van der Waals surface area contributed by atoms with Crippen molar-refractivity contribution in [1.82, 2.24) is 20.4 Å². The van der Waals surface area contributed by atoms with Crippen LogP contribution in [-0.4, -0.2) is 53.2 Å². The highest BCUT2D eigenvalue weighted by molar-refractivity contribution is 14.0. The van der Waals surface area contributed by atoms with Crippen LogP contribution >= 0.6 is 24.0 Å². The number of ether oxygens (including phenoxy) is 1. The van der Waals surface area contributed by atoms with Crippen molar-refractivity contribution in [3.05, 3.63) is 18.0 Å². The zero-order chi connectivity index (χ0) is 18.4. The van der Waals surface area contributed by atoms with Crippen molar-refractivity contribution in [2.75, 3.05) is 20.2 Å². The molecule has 4 unspecified atom stereocenters. The third-order valence-corrected chi connectivity index (χ3v) is 6.73. The second kappa shape index (κ2) is 7.87. The molecule has 0 bridgehead atoms. The number of aliphatic hydroxyl groups is 1. The maximum Gasteiger partial charge on any atom is 0.191 e. The number of guanidine groups is 1. The van der Waals surface area contributed by atoms with E-state index in [9.17, 15) is 5.11 Å². The van der Waals surface area contributed by atoms with Crippen molar-refractivity contribution >= 4 is 29.9 Å². The molecule has 2 saturated carbocycles. The van der Waals surface area contributed by atoms with Gasteiger partial charge in [0.15, 0.2) is 5.96 Å². The van der Waals surface area contributed by atoms with Crippen LogP contribution in [-0.2, 0) is 17.4 Å².